The molecule has 3 N–H and O–H groups in total. The summed E-state index contributed by atoms with van der Waals surface area (Å²) in [6, 6.07) is 7.74. The van der Waals surface area contributed by atoms with Crippen LogP contribution in [0.5, 0.6) is 0 Å². The molecule has 0 aliphatic rings. The Morgan fingerprint density at radius 1 is 1.40 bits per heavy atom. The van der Waals surface area contributed by atoms with Crippen molar-refractivity contribution in [3.05, 3.63) is 51.7 Å². The molecule has 0 fully saturated rings. The van der Waals surface area contributed by atoms with Gasteiger partial charge in [0.15, 0.2) is 0 Å². The summed E-state index contributed by atoms with van der Waals surface area (Å²) in [4.78, 5) is 12.0. The van der Waals surface area contributed by atoms with Crippen molar-refractivity contribution in [1.82, 2.24) is 0 Å². The van der Waals surface area contributed by atoms with Crippen molar-refractivity contribution in [3.63, 3.8) is 0 Å². The Kier molecular flexibility index (Phi) is 4.94. The van der Waals surface area contributed by atoms with E-state index in [1.165, 1.54) is 0 Å². The largest absolute Gasteiger partial charge is 0.325 e. The molecular formula is C16H16N2OS. The standard InChI is InChI=1S/C16H16N2OS/c1-12-4-5-14(3-2-7-17)15(9-12)18-16(19)10-13-6-8-20-11-13/h4-6,8-9,11H,7,10,17H2,1H3,(H,18,19). The van der Waals surface area contributed by atoms with E-state index in [1.54, 1.807) is 11.3 Å². The molecule has 0 aliphatic heterocycles. The number of nitrogens with one attached hydrogen (secondary N) is 1. The van der Waals surface area contributed by atoms with E-state index in [-0.39, 0.29) is 5.91 Å². The molecule has 20 heavy (non-hydrogen) atoms. The topological polar surface area (TPSA) is 55.1 Å². The summed E-state index contributed by atoms with van der Waals surface area (Å²) < 4.78 is 0. The van der Waals surface area contributed by atoms with E-state index in [4.69, 9.17) is 5.73 Å². The third-order valence-corrected chi connectivity index (χ3v) is 3.45. The Balaban J connectivity index is 2.15. The highest BCUT2D eigenvalue weighted by atomic mass is 32.1. The lowest BCUT2D eigenvalue weighted by Crippen LogP contribution is -2.15. The van der Waals surface area contributed by atoms with Crippen molar-refractivity contribution in [3.8, 4) is 11.8 Å². The first kappa shape index (κ1) is 14.3. The predicted molar refractivity (Wildman–Crippen MR) is 83.8 cm³/mol. The Morgan fingerprint density at radius 2 is 2.25 bits per heavy atom. The maximum Gasteiger partial charge on any atom is 0.228 e. The fraction of sp³-hybridized carbons (Fsp3) is 0.188. The third-order valence-electron chi connectivity index (χ3n) is 2.72. The van der Waals surface area contributed by atoms with Gasteiger partial charge in [-0.3, -0.25) is 4.79 Å². The van der Waals surface area contributed by atoms with Crippen molar-refractivity contribution in [1.29, 1.82) is 0 Å². The molecule has 4 heteroatoms. The lowest BCUT2D eigenvalue weighted by atomic mass is 10.1. The Hall–Kier alpha value is -2.09. The van der Waals surface area contributed by atoms with Crippen molar-refractivity contribution in [2.45, 2.75) is 13.3 Å². The lowest BCUT2D eigenvalue weighted by molar-refractivity contribution is -0.115. The summed E-state index contributed by atoms with van der Waals surface area (Å²) in [5.74, 6) is 5.75. The number of rotatable bonds is 3. The maximum absolute atomic E-state index is 12.0. The van der Waals surface area contributed by atoms with E-state index in [0.29, 0.717) is 13.0 Å². The molecule has 1 aromatic heterocycles. The average molecular weight is 284 g/mol. The van der Waals surface area contributed by atoms with E-state index in [2.05, 4.69) is 17.2 Å². The van der Waals surface area contributed by atoms with Gasteiger partial charge in [0.2, 0.25) is 5.91 Å². The summed E-state index contributed by atoms with van der Waals surface area (Å²) in [6.45, 7) is 2.28. The highest BCUT2D eigenvalue weighted by molar-refractivity contribution is 7.08. The van der Waals surface area contributed by atoms with Crippen LogP contribution in [-0.4, -0.2) is 12.5 Å². The molecule has 1 heterocycles. The van der Waals surface area contributed by atoms with Crippen molar-refractivity contribution >= 4 is 22.9 Å². The first-order chi connectivity index (χ1) is 9.69. The SMILES string of the molecule is Cc1ccc(C#CCN)c(NC(=O)Cc2ccsc2)c1. The van der Waals surface area contributed by atoms with Gasteiger partial charge in [-0.2, -0.15) is 11.3 Å². The van der Waals surface area contributed by atoms with Crippen molar-refractivity contribution in [2.24, 2.45) is 5.73 Å². The maximum atomic E-state index is 12.0. The van der Waals surface area contributed by atoms with Gasteiger partial charge in [0.05, 0.1) is 18.7 Å². The number of hydrogen-bond donors (Lipinski definition) is 2. The number of thiophene rings is 1. The van der Waals surface area contributed by atoms with Crippen LogP contribution < -0.4 is 11.1 Å². The Labute approximate surface area is 122 Å². The molecule has 0 unspecified atom stereocenters. The smallest absolute Gasteiger partial charge is 0.228 e. The fourth-order valence-corrected chi connectivity index (χ4v) is 2.46. The second-order valence-corrected chi connectivity index (χ2v) is 5.19. The molecule has 0 aliphatic carbocycles. The number of carbonyl (C=O) groups excluding carboxylic acids is 1. The van der Waals surface area contributed by atoms with Gasteiger partial charge >= 0.3 is 0 Å². The second kappa shape index (κ2) is 6.90. The molecule has 3 nitrogen and oxygen atoms in total. The monoisotopic (exact) mass is 284 g/mol. The molecular weight excluding hydrogens is 268 g/mol. The quantitative estimate of drug-likeness (QED) is 0.851. The van der Waals surface area contributed by atoms with E-state index in [1.807, 2.05) is 41.9 Å². The number of anilines is 1. The third kappa shape index (κ3) is 3.95. The van der Waals surface area contributed by atoms with Gasteiger partial charge < -0.3 is 11.1 Å². The van der Waals surface area contributed by atoms with E-state index in [9.17, 15) is 4.79 Å². The van der Waals surface area contributed by atoms with Crippen LogP contribution in [0.3, 0.4) is 0 Å². The first-order valence-corrected chi connectivity index (χ1v) is 7.24. The van der Waals surface area contributed by atoms with Gasteiger partial charge in [0.25, 0.3) is 0 Å². The molecule has 0 bridgehead atoms. The van der Waals surface area contributed by atoms with Gasteiger partial charge in [-0.15, -0.1) is 0 Å². The summed E-state index contributed by atoms with van der Waals surface area (Å²) >= 11 is 1.59. The average Bonchev–Trinajstić information content (AvgIpc) is 2.90. The second-order valence-electron chi connectivity index (χ2n) is 4.41. The van der Waals surface area contributed by atoms with Crippen LogP contribution in [0.15, 0.2) is 35.0 Å². The van der Waals surface area contributed by atoms with E-state index >= 15 is 0 Å². The minimum Gasteiger partial charge on any atom is -0.325 e. The number of hydrogen-bond acceptors (Lipinski definition) is 3. The van der Waals surface area contributed by atoms with E-state index in [0.717, 1.165) is 22.4 Å². The van der Waals surface area contributed by atoms with Crippen molar-refractivity contribution < 1.29 is 4.79 Å². The number of carbonyl (C=O) groups is 1. The van der Waals surface area contributed by atoms with Crippen LogP contribution in [0, 0.1) is 18.8 Å². The molecule has 102 valence electrons. The number of benzene rings is 1. The van der Waals surface area contributed by atoms with Crippen LogP contribution in [0.1, 0.15) is 16.7 Å². The van der Waals surface area contributed by atoms with Gasteiger partial charge in [-0.05, 0) is 47.0 Å². The number of nitrogens with two attached hydrogens (primary N) is 1. The van der Waals surface area contributed by atoms with Gasteiger partial charge in [0, 0.05) is 5.56 Å². The summed E-state index contributed by atoms with van der Waals surface area (Å²) in [5.41, 5.74) is 9.02. The zero-order valence-electron chi connectivity index (χ0n) is 11.3. The zero-order valence-corrected chi connectivity index (χ0v) is 12.1. The molecule has 1 aromatic carbocycles. The molecule has 2 rings (SSSR count). The molecule has 0 atom stereocenters. The van der Waals surface area contributed by atoms with Gasteiger partial charge in [-0.25, -0.2) is 0 Å². The minimum absolute atomic E-state index is 0.0372. The summed E-state index contributed by atoms with van der Waals surface area (Å²) in [5, 5.41) is 6.86. The fourth-order valence-electron chi connectivity index (χ4n) is 1.79. The van der Waals surface area contributed by atoms with Crippen molar-refractivity contribution in [2.75, 3.05) is 11.9 Å². The highest BCUT2D eigenvalue weighted by Gasteiger charge is 2.07. The zero-order chi connectivity index (χ0) is 14.4. The highest BCUT2D eigenvalue weighted by Crippen LogP contribution is 2.17. The van der Waals surface area contributed by atoms with Crippen LogP contribution in [0.25, 0.3) is 0 Å². The van der Waals surface area contributed by atoms with Crippen LogP contribution in [0.2, 0.25) is 0 Å². The molecule has 0 radical (unpaired) electrons. The van der Waals surface area contributed by atoms with Crippen LogP contribution in [-0.2, 0) is 11.2 Å². The molecule has 0 saturated carbocycles. The molecule has 2 aromatic rings. The Bertz CT molecular complexity index is 651. The lowest BCUT2D eigenvalue weighted by Gasteiger charge is -2.08. The van der Waals surface area contributed by atoms with E-state index < -0.39 is 0 Å². The Morgan fingerprint density at radius 3 is 2.95 bits per heavy atom. The number of amides is 1. The van der Waals surface area contributed by atoms with Crippen LogP contribution >= 0.6 is 11.3 Å². The molecule has 1 amide bonds. The molecule has 0 saturated heterocycles. The van der Waals surface area contributed by atoms with Gasteiger partial charge in [-0.1, -0.05) is 17.9 Å². The first-order valence-electron chi connectivity index (χ1n) is 6.29. The predicted octanol–water partition coefficient (Wildman–Crippen LogP) is 2.55. The summed E-state index contributed by atoms with van der Waals surface area (Å²) in [7, 11) is 0. The molecule has 0 spiro atoms. The number of aryl methyl sites for hydroxylation is 1. The van der Waals surface area contributed by atoms with Gasteiger partial charge in [0.1, 0.15) is 0 Å². The van der Waals surface area contributed by atoms with Crippen LogP contribution in [0.4, 0.5) is 5.69 Å². The summed E-state index contributed by atoms with van der Waals surface area (Å²) in [6.07, 6.45) is 0.376. The normalized spacial score (nSPS) is 9.70. The minimum atomic E-state index is -0.0372.